The summed E-state index contributed by atoms with van der Waals surface area (Å²) in [6, 6.07) is 15.8. The molecule has 1 amide bonds. The van der Waals surface area contributed by atoms with Gasteiger partial charge in [-0.1, -0.05) is 26.0 Å². The number of piperazine rings is 1. The number of carbonyl (C=O) groups excluding carboxylic acids is 1. The first-order valence-electron chi connectivity index (χ1n) is 12.0. The van der Waals surface area contributed by atoms with Crippen molar-refractivity contribution in [2.24, 2.45) is 0 Å². The molecule has 1 saturated heterocycles. The Morgan fingerprint density at radius 1 is 0.971 bits per heavy atom. The third kappa shape index (κ3) is 5.01. The highest BCUT2D eigenvalue weighted by Gasteiger charge is 2.23. The van der Waals surface area contributed by atoms with Crippen LogP contribution in [0.5, 0.6) is 17.2 Å². The molecule has 0 aliphatic carbocycles. The largest absolute Gasteiger partial charge is 0.483 e. The number of hydrogen-bond donors (Lipinski definition) is 0. The van der Waals surface area contributed by atoms with Gasteiger partial charge in [-0.05, 0) is 60.4 Å². The van der Waals surface area contributed by atoms with Crippen LogP contribution in [0, 0.1) is 6.92 Å². The predicted molar refractivity (Wildman–Crippen MR) is 133 cm³/mol. The quantitative estimate of drug-likeness (QED) is 0.534. The molecule has 8 nitrogen and oxygen atoms in total. The van der Waals surface area contributed by atoms with Gasteiger partial charge in [-0.25, -0.2) is 0 Å². The summed E-state index contributed by atoms with van der Waals surface area (Å²) in [5, 5.41) is 8.84. The molecule has 35 heavy (non-hydrogen) atoms. The number of ether oxygens (including phenoxy) is 3. The second-order valence-electron chi connectivity index (χ2n) is 9.20. The lowest BCUT2D eigenvalue weighted by atomic mass is 10.0. The summed E-state index contributed by atoms with van der Waals surface area (Å²) in [6.07, 6.45) is 0. The minimum Gasteiger partial charge on any atom is -0.483 e. The summed E-state index contributed by atoms with van der Waals surface area (Å²) in [5.41, 5.74) is 3.94. The smallest absolute Gasteiger partial charge is 0.260 e. The van der Waals surface area contributed by atoms with E-state index in [9.17, 15) is 4.79 Å². The van der Waals surface area contributed by atoms with E-state index in [0.29, 0.717) is 32.1 Å². The van der Waals surface area contributed by atoms with Crippen LogP contribution in [-0.4, -0.2) is 60.6 Å². The molecule has 0 atom stereocenters. The number of aryl methyl sites for hydroxylation is 1. The number of fused-ring (bicyclic) bond motifs is 1. The number of anilines is 1. The van der Waals surface area contributed by atoms with Gasteiger partial charge in [0.15, 0.2) is 23.9 Å². The molecule has 0 spiro atoms. The summed E-state index contributed by atoms with van der Waals surface area (Å²) < 4.78 is 16.8. The van der Waals surface area contributed by atoms with Crippen molar-refractivity contribution in [2.45, 2.75) is 26.7 Å². The maximum atomic E-state index is 12.8. The van der Waals surface area contributed by atoms with Crippen LogP contribution in [0.3, 0.4) is 0 Å². The molecule has 1 aromatic heterocycles. The van der Waals surface area contributed by atoms with E-state index in [2.05, 4.69) is 41.1 Å². The molecule has 0 unspecified atom stereocenters. The normalized spacial score (nSPS) is 15.0. The summed E-state index contributed by atoms with van der Waals surface area (Å²) in [7, 11) is 0. The summed E-state index contributed by atoms with van der Waals surface area (Å²) >= 11 is 0. The van der Waals surface area contributed by atoms with Gasteiger partial charge in [-0.3, -0.25) is 4.79 Å². The Labute approximate surface area is 205 Å². The molecular formula is C27H30N4O4. The van der Waals surface area contributed by atoms with Crippen LogP contribution in [0.25, 0.3) is 11.3 Å². The maximum absolute atomic E-state index is 12.8. The molecule has 0 saturated carbocycles. The first kappa shape index (κ1) is 23.0. The molecule has 5 rings (SSSR count). The second kappa shape index (κ2) is 9.82. The van der Waals surface area contributed by atoms with E-state index in [-0.39, 0.29) is 19.3 Å². The van der Waals surface area contributed by atoms with Crippen molar-refractivity contribution in [3.05, 3.63) is 59.7 Å². The zero-order valence-electron chi connectivity index (χ0n) is 20.4. The number of nitrogens with zero attached hydrogens (tertiary/aromatic N) is 4. The van der Waals surface area contributed by atoms with Gasteiger partial charge in [0.1, 0.15) is 5.75 Å². The van der Waals surface area contributed by atoms with Crippen molar-refractivity contribution in [2.75, 3.05) is 44.5 Å². The molecular weight excluding hydrogens is 444 g/mol. The van der Waals surface area contributed by atoms with Gasteiger partial charge in [-0.2, -0.15) is 0 Å². The van der Waals surface area contributed by atoms with Crippen molar-refractivity contribution in [1.29, 1.82) is 0 Å². The molecule has 1 fully saturated rings. The lowest BCUT2D eigenvalue weighted by Gasteiger charge is -2.35. The third-order valence-corrected chi connectivity index (χ3v) is 6.42. The maximum Gasteiger partial charge on any atom is 0.260 e. The van der Waals surface area contributed by atoms with Crippen LogP contribution in [0.2, 0.25) is 0 Å². The molecule has 3 aromatic rings. The van der Waals surface area contributed by atoms with Crippen LogP contribution in [0.4, 0.5) is 5.82 Å². The van der Waals surface area contributed by atoms with Crippen LogP contribution in [0.1, 0.15) is 30.9 Å². The van der Waals surface area contributed by atoms with E-state index in [1.807, 2.05) is 48.2 Å². The van der Waals surface area contributed by atoms with E-state index in [0.717, 1.165) is 45.5 Å². The fraction of sp³-hybridized carbons (Fsp3) is 0.370. The zero-order valence-corrected chi connectivity index (χ0v) is 20.4. The van der Waals surface area contributed by atoms with Crippen molar-refractivity contribution < 1.29 is 19.0 Å². The summed E-state index contributed by atoms with van der Waals surface area (Å²) in [6.45, 7) is 9.23. The SMILES string of the molecule is Cc1ccc(C(C)C)c(OCC(=O)N2CCN(c3ccc(-c4ccc5c(c4)OCO5)nn3)CC2)c1. The Bertz CT molecular complexity index is 1200. The number of carbonyl (C=O) groups is 1. The van der Waals surface area contributed by atoms with Crippen LogP contribution in [0.15, 0.2) is 48.5 Å². The van der Waals surface area contributed by atoms with Crippen molar-refractivity contribution in [1.82, 2.24) is 15.1 Å². The highest BCUT2D eigenvalue weighted by atomic mass is 16.7. The predicted octanol–water partition coefficient (Wildman–Crippen LogP) is 4.03. The topological polar surface area (TPSA) is 77.0 Å². The number of hydrogen-bond acceptors (Lipinski definition) is 7. The number of benzene rings is 2. The summed E-state index contributed by atoms with van der Waals surface area (Å²) in [4.78, 5) is 16.8. The number of aromatic nitrogens is 2. The van der Waals surface area contributed by atoms with Gasteiger partial charge in [0.2, 0.25) is 6.79 Å². The van der Waals surface area contributed by atoms with Crippen molar-refractivity contribution >= 4 is 11.7 Å². The Morgan fingerprint density at radius 3 is 2.51 bits per heavy atom. The van der Waals surface area contributed by atoms with Crippen LogP contribution < -0.4 is 19.1 Å². The minimum absolute atomic E-state index is 0.00472. The van der Waals surface area contributed by atoms with Crippen molar-refractivity contribution in [3.8, 4) is 28.5 Å². The average molecular weight is 475 g/mol. The molecule has 2 aliphatic heterocycles. The van der Waals surface area contributed by atoms with E-state index in [1.165, 1.54) is 0 Å². The Kier molecular flexibility index (Phi) is 6.44. The molecule has 0 N–H and O–H groups in total. The van der Waals surface area contributed by atoms with Gasteiger partial charge >= 0.3 is 0 Å². The molecule has 2 aliphatic rings. The first-order valence-corrected chi connectivity index (χ1v) is 12.0. The monoisotopic (exact) mass is 474 g/mol. The number of amides is 1. The summed E-state index contributed by atoms with van der Waals surface area (Å²) in [5.74, 6) is 3.41. The van der Waals surface area contributed by atoms with Gasteiger partial charge in [0.25, 0.3) is 5.91 Å². The van der Waals surface area contributed by atoms with E-state index in [1.54, 1.807) is 0 Å². The molecule has 8 heteroatoms. The second-order valence-corrected chi connectivity index (χ2v) is 9.20. The van der Waals surface area contributed by atoms with E-state index >= 15 is 0 Å². The average Bonchev–Trinajstić information content (AvgIpc) is 3.35. The highest BCUT2D eigenvalue weighted by molar-refractivity contribution is 5.78. The Balaban J connectivity index is 1.15. The van der Waals surface area contributed by atoms with Gasteiger partial charge in [0, 0.05) is 31.7 Å². The lowest BCUT2D eigenvalue weighted by molar-refractivity contribution is -0.133. The molecule has 0 bridgehead atoms. The molecule has 0 radical (unpaired) electrons. The lowest BCUT2D eigenvalue weighted by Crippen LogP contribution is -2.50. The number of rotatable bonds is 6. The molecule has 3 heterocycles. The van der Waals surface area contributed by atoms with Gasteiger partial charge in [-0.15, -0.1) is 10.2 Å². The molecule has 182 valence electrons. The fourth-order valence-electron chi connectivity index (χ4n) is 4.36. The van der Waals surface area contributed by atoms with Crippen LogP contribution in [-0.2, 0) is 4.79 Å². The minimum atomic E-state index is 0.00472. The van der Waals surface area contributed by atoms with Crippen LogP contribution >= 0.6 is 0 Å². The Hall–Kier alpha value is -3.81. The van der Waals surface area contributed by atoms with E-state index in [4.69, 9.17) is 14.2 Å². The first-order chi connectivity index (χ1) is 17.0. The standard InChI is InChI=1S/C27H30N4O4/c1-18(2)21-6-4-19(3)14-24(21)33-16-27(32)31-12-10-30(11-13-31)26-9-7-22(28-29-26)20-5-8-23-25(15-20)35-17-34-23/h4-9,14-15,18H,10-13,16-17H2,1-3H3. The van der Waals surface area contributed by atoms with Crippen molar-refractivity contribution in [3.63, 3.8) is 0 Å². The zero-order chi connectivity index (χ0) is 24.4. The van der Waals surface area contributed by atoms with Gasteiger partial charge < -0.3 is 24.0 Å². The molecule has 2 aromatic carbocycles. The highest BCUT2D eigenvalue weighted by Crippen LogP contribution is 2.35. The van der Waals surface area contributed by atoms with Gasteiger partial charge in [0.05, 0.1) is 5.69 Å². The Morgan fingerprint density at radius 2 is 1.77 bits per heavy atom. The third-order valence-electron chi connectivity index (χ3n) is 6.42. The fourth-order valence-corrected chi connectivity index (χ4v) is 4.36. The van der Waals surface area contributed by atoms with E-state index < -0.39 is 0 Å².